The third-order valence-corrected chi connectivity index (χ3v) is 3.12. The molecule has 4 nitrogen and oxygen atoms in total. The summed E-state index contributed by atoms with van der Waals surface area (Å²) in [5.41, 5.74) is 1.26. The van der Waals surface area contributed by atoms with Crippen LogP contribution in [0.5, 0.6) is 0 Å². The first kappa shape index (κ1) is 15.7. The van der Waals surface area contributed by atoms with Crippen molar-refractivity contribution in [3.05, 3.63) is 35.4 Å². The molecule has 0 aliphatic rings. The summed E-state index contributed by atoms with van der Waals surface area (Å²) in [5.74, 6) is -0.123. The van der Waals surface area contributed by atoms with Gasteiger partial charge in [-0.1, -0.05) is 24.3 Å². The number of carbonyl (C=O) groups is 1. The van der Waals surface area contributed by atoms with Gasteiger partial charge in [-0.05, 0) is 31.9 Å². The quantitative estimate of drug-likeness (QED) is 0.825. The fraction of sp³-hybridized carbons (Fsp3) is 0.533. The van der Waals surface area contributed by atoms with Crippen LogP contribution in [0.4, 0.5) is 0 Å². The summed E-state index contributed by atoms with van der Waals surface area (Å²) in [6.07, 6.45) is -0.691. The average Bonchev–Trinajstić information content (AvgIpc) is 2.36. The van der Waals surface area contributed by atoms with Gasteiger partial charge in [-0.25, -0.2) is 0 Å². The van der Waals surface area contributed by atoms with Crippen LogP contribution >= 0.6 is 0 Å². The van der Waals surface area contributed by atoms with Crippen LogP contribution in [0.2, 0.25) is 0 Å². The number of methoxy groups -OCH3 is 1. The van der Waals surface area contributed by atoms with Gasteiger partial charge < -0.3 is 15.2 Å². The molecule has 0 aliphatic heterocycles. The lowest BCUT2D eigenvalue weighted by Gasteiger charge is -2.23. The lowest BCUT2D eigenvalue weighted by Crippen LogP contribution is -2.41. The zero-order chi connectivity index (χ0) is 14.5. The van der Waals surface area contributed by atoms with Gasteiger partial charge in [-0.3, -0.25) is 4.79 Å². The van der Waals surface area contributed by atoms with Gasteiger partial charge in [0.25, 0.3) is 0 Å². The van der Waals surface area contributed by atoms with Crippen LogP contribution in [0, 0.1) is 12.3 Å². The van der Waals surface area contributed by atoms with Gasteiger partial charge in [0.1, 0.15) is 0 Å². The number of aliphatic hydroxyl groups excluding tert-OH is 1. The molecule has 1 atom stereocenters. The van der Waals surface area contributed by atoms with Crippen molar-refractivity contribution in [3.63, 3.8) is 0 Å². The monoisotopic (exact) mass is 265 g/mol. The number of nitrogens with one attached hydrogen (secondary N) is 1. The Kier molecular flexibility index (Phi) is 5.51. The Bertz CT molecular complexity index is 429. The predicted molar refractivity (Wildman–Crippen MR) is 74.8 cm³/mol. The zero-order valence-electron chi connectivity index (χ0n) is 12.1. The normalized spacial score (nSPS) is 13.1. The van der Waals surface area contributed by atoms with Crippen molar-refractivity contribution >= 4 is 5.91 Å². The van der Waals surface area contributed by atoms with Gasteiger partial charge in [0.2, 0.25) is 5.91 Å². The van der Waals surface area contributed by atoms with Crippen molar-refractivity contribution in [2.45, 2.75) is 26.9 Å². The Labute approximate surface area is 114 Å². The van der Waals surface area contributed by atoms with Gasteiger partial charge in [-0.2, -0.15) is 0 Å². The topological polar surface area (TPSA) is 58.6 Å². The highest BCUT2D eigenvalue weighted by atomic mass is 16.5. The van der Waals surface area contributed by atoms with Crippen molar-refractivity contribution in [2.75, 3.05) is 20.3 Å². The molecule has 0 unspecified atom stereocenters. The zero-order valence-corrected chi connectivity index (χ0v) is 12.1. The molecule has 0 fully saturated rings. The molecule has 4 heteroatoms. The fourth-order valence-corrected chi connectivity index (χ4v) is 1.93. The van der Waals surface area contributed by atoms with Crippen molar-refractivity contribution in [2.24, 2.45) is 5.41 Å². The van der Waals surface area contributed by atoms with Gasteiger partial charge in [0, 0.05) is 13.7 Å². The second-order valence-electron chi connectivity index (χ2n) is 5.40. The second kappa shape index (κ2) is 6.68. The molecular formula is C15H23NO3. The van der Waals surface area contributed by atoms with Crippen LogP contribution in [-0.2, 0) is 9.53 Å². The molecule has 0 saturated heterocycles. The van der Waals surface area contributed by atoms with Crippen LogP contribution < -0.4 is 5.32 Å². The molecule has 106 valence electrons. The van der Waals surface area contributed by atoms with Crippen LogP contribution in [-0.4, -0.2) is 31.3 Å². The van der Waals surface area contributed by atoms with E-state index in [1.165, 1.54) is 0 Å². The van der Waals surface area contributed by atoms with E-state index in [4.69, 9.17) is 4.74 Å². The second-order valence-corrected chi connectivity index (χ2v) is 5.40. The number of aryl methyl sites for hydroxylation is 1. The molecule has 0 aromatic heterocycles. The first-order valence-electron chi connectivity index (χ1n) is 6.39. The summed E-state index contributed by atoms with van der Waals surface area (Å²) < 4.78 is 5.01. The number of hydrogen-bond acceptors (Lipinski definition) is 3. The summed E-state index contributed by atoms with van der Waals surface area (Å²) in [5, 5.41) is 12.9. The van der Waals surface area contributed by atoms with E-state index in [0.29, 0.717) is 6.61 Å². The van der Waals surface area contributed by atoms with Crippen molar-refractivity contribution in [3.8, 4) is 0 Å². The Morgan fingerprint density at radius 2 is 2.05 bits per heavy atom. The maximum Gasteiger partial charge on any atom is 0.228 e. The Morgan fingerprint density at radius 1 is 1.42 bits per heavy atom. The van der Waals surface area contributed by atoms with Crippen LogP contribution in [0.25, 0.3) is 0 Å². The van der Waals surface area contributed by atoms with Gasteiger partial charge in [0.15, 0.2) is 0 Å². The third kappa shape index (κ3) is 4.33. The molecule has 1 amide bonds. The van der Waals surface area contributed by atoms with E-state index in [9.17, 15) is 9.90 Å². The number of ether oxygens (including phenoxy) is 1. The molecule has 0 saturated carbocycles. The lowest BCUT2D eigenvalue weighted by molar-refractivity contribution is -0.132. The highest BCUT2D eigenvalue weighted by Gasteiger charge is 2.27. The molecular weight excluding hydrogens is 242 g/mol. The molecule has 1 aromatic rings. The minimum Gasteiger partial charge on any atom is -0.387 e. The number of amides is 1. The molecule has 2 N–H and O–H groups in total. The molecule has 0 radical (unpaired) electrons. The van der Waals surface area contributed by atoms with Crippen molar-refractivity contribution < 1.29 is 14.6 Å². The van der Waals surface area contributed by atoms with Crippen LogP contribution in [0.1, 0.15) is 31.1 Å². The maximum absolute atomic E-state index is 12.0. The smallest absolute Gasteiger partial charge is 0.228 e. The highest BCUT2D eigenvalue weighted by Crippen LogP contribution is 2.18. The Balaban J connectivity index is 2.58. The molecule has 1 rings (SSSR count). The minimum atomic E-state index is -0.691. The number of rotatable bonds is 6. The summed E-state index contributed by atoms with van der Waals surface area (Å²) >= 11 is 0. The summed E-state index contributed by atoms with van der Waals surface area (Å²) in [6, 6.07) is 7.61. The van der Waals surface area contributed by atoms with Gasteiger partial charge in [0.05, 0.1) is 18.1 Å². The van der Waals surface area contributed by atoms with Crippen molar-refractivity contribution in [1.29, 1.82) is 0 Å². The standard InChI is InChI=1S/C15H23NO3/c1-11-7-5-6-8-12(11)13(17)9-16-14(18)15(2,3)10-19-4/h5-8,13,17H,9-10H2,1-4H3,(H,16,18)/t13-/m0/s1. The van der Waals surface area contributed by atoms with Gasteiger partial charge in [-0.15, -0.1) is 0 Å². The summed E-state index contributed by atoms with van der Waals surface area (Å²) in [7, 11) is 1.57. The SMILES string of the molecule is COCC(C)(C)C(=O)NC[C@H](O)c1ccccc1C. The Hall–Kier alpha value is -1.39. The number of benzene rings is 1. The van der Waals surface area contributed by atoms with E-state index in [2.05, 4.69) is 5.32 Å². The maximum atomic E-state index is 12.0. The molecule has 0 heterocycles. The first-order chi connectivity index (χ1) is 8.88. The van der Waals surface area contributed by atoms with E-state index in [0.717, 1.165) is 11.1 Å². The predicted octanol–water partition coefficient (Wildman–Crippen LogP) is 1.82. The minimum absolute atomic E-state index is 0.123. The van der Waals surface area contributed by atoms with E-state index < -0.39 is 11.5 Å². The third-order valence-electron chi connectivity index (χ3n) is 3.12. The number of hydrogen-bond donors (Lipinski definition) is 2. The highest BCUT2D eigenvalue weighted by molar-refractivity contribution is 5.81. The van der Waals surface area contributed by atoms with E-state index in [-0.39, 0.29) is 12.5 Å². The molecule has 0 spiro atoms. The molecule has 0 bridgehead atoms. The molecule has 1 aromatic carbocycles. The number of aliphatic hydroxyl groups is 1. The van der Waals surface area contributed by atoms with E-state index in [1.807, 2.05) is 45.0 Å². The van der Waals surface area contributed by atoms with Crippen molar-refractivity contribution in [1.82, 2.24) is 5.32 Å². The Morgan fingerprint density at radius 3 is 2.63 bits per heavy atom. The largest absolute Gasteiger partial charge is 0.387 e. The van der Waals surface area contributed by atoms with Crippen LogP contribution in [0.3, 0.4) is 0 Å². The number of carbonyl (C=O) groups excluding carboxylic acids is 1. The molecule has 19 heavy (non-hydrogen) atoms. The summed E-state index contributed by atoms with van der Waals surface area (Å²) in [4.78, 5) is 12.0. The van der Waals surface area contributed by atoms with Crippen LogP contribution in [0.15, 0.2) is 24.3 Å². The lowest BCUT2D eigenvalue weighted by atomic mass is 9.93. The van der Waals surface area contributed by atoms with E-state index >= 15 is 0 Å². The first-order valence-corrected chi connectivity index (χ1v) is 6.39. The van der Waals surface area contributed by atoms with E-state index in [1.54, 1.807) is 7.11 Å². The summed E-state index contributed by atoms with van der Waals surface area (Å²) in [6.45, 7) is 6.11. The fourth-order valence-electron chi connectivity index (χ4n) is 1.93. The van der Waals surface area contributed by atoms with Gasteiger partial charge >= 0.3 is 0 Å². The molecule has 0 aliphatic carbocycles. The average molecular weight is 265 g/mol.